The third-order valence-corrected chi connectivity index (χ3v) is 6.64. The van der Waals surface area contributed by atoms with Crippen molar-refractivity contribution in [1.29, 1.82) is 0 Å². The van der Waals surface area contributed by atoms with Crippen LogP contribution in [0.1, 0.15) is 35.6 Å². The maximum absolute atomic E-state index is 13.3. The largest absolute Gasteiger partial charge is 0.367 e. The highest BCUT2D eigenvalue weighted by Crippen LogP contribution is 2.35. The van der Waals surface area contributed by atoms with E-state index in [0.29, 0.717) is 36.5 Å². The van der Waals surface area contributed by atoms with Gasteiger partial charge in [0.15, 0.2) is 0 Å². The standard InChI is InChI=1S/C24H25ClN4O2/c1-15-5-4-6-16(11-15)12-23(30)28-10-9-20-18(14-28)24(31)29-22(26-20)13-21(27-29)17-7-2-3-8-19(17)25/h2-8,11,21-22,26-27H,9-10,12-14H2,1H3. The van der Waals surface area contributed by atoms with Crippen LogP contribution in [0.15, 0.2) is 59.8 Å². The first-order chi connectivity index (χ1) is 15.0. The van der Waals surface area contributed by atoms with Crippen molar-refractivity contribution in [3.63, 3.8) is 0 Å². The maximum Gasteiger partial charge on any atom is 0.269 e. The predicted molar refractivity (Wildman–Crippen MR) is 119 cm³/mol. The van der Waals surface area contributed by atoms with Crippen LogP contribution in [-0.2, 0) is 16.0 Å². The van der Waals surface area contributed by atoms with Crippen molar-refractivity contribution in [2.75, 3.05) is 13.1 Å². The molecular weight excluding hydrogens is 412 g/mol. The van der Waals surface area contributed by atoms with Gasteiger partial charge in [0.25, 0.3) is 5.91 Å². The van der Waals surface area contributed by atoms with Gasteiger partial charge in [-0.05, 0) is 24.1 Å². The van der Waals surface area contributed by atoms with E-state index in [9.17, 15) is 9.59 Å². The fraction of sp³-hybridized carbons (Fsp3) is 0.333. The first-order valence-corrected chi connectivity index (χ1v) is 11.0. The Hall–Kier alpha value is -2.83. The van der Waals surface area contributed by atoms with Crippen molar-refractivity contribution in [2.24, 2.45) is 0 Å². The first-order valence-electron chi connectivity index (χ1n) is 10.7. The molecule has 0 saturated carbocycles. The SMILES string of the molecule is Cc1cccc(CC(=O)N2CCC3=C(C2)C(=O)N2NC(c4ccccc4Cl)CC2N3)c1. The Morgan fingerprint density at radius 1 is 1.19 bits per heavy atom. The zero-order valence-corrected chi connectivity index (χ0v) is 18.2. The van der Waals surface area contributed by atoms with Gasteiger partial charge in [-0.2, -0.15) is 0 Å². The number of fused-ring (bicyclic) bond motifs is 1. The molecule has 5 rings (SSSR count). The molecule has 3 heterocycles. The highest BCUT2D eigenvalue weighted by molar-refractivity contribution is 6.31. The quantitative estimate of drug-likeness (QED) is 0.776. The van der Waals surface area contributed by atoms with Gasteiger partial charge in [-0.1, -0.05) is 59.6 Å². The molecule has 7 heteroatoms. The van der Waals surface area contributed by atoms with Crippen LogP contribution in [0.4, 0.5) is 0 Å². The Bertz CT molecular complexity index is 1080. The molecular formula is C24H25ClN4O2. The lowest BCUT2D eigenvalue weighted by atomic mass is 9.99. The minimum absolute atomic E-state index is 0.0319. The third kappa shape index (κ3) is 3.82. The number of nitrogens with zero attached hydrogens (tertiary/aromatic N) is 2. The van der Waals surface area contributed by atoms with E-state index in [1.54, 1.807) is 9.91 Å². The van der Waals surface area contributed by atoms with Gasteiger partial charge < -0.3 is 10.2 Å². The second-order valence-corrected chi connectivity index (χ2v) is 8.87. The minimum atomic E-state index is -0.109. The molecule has 6 nitrogen and oxygen atoms in total. The molecule has 2 amide bonds. The van der Waals surface area contributed by atoms with Gasteiger partial charge in [0, 0.05) is 30.1 Å². The van der Waals surface area contributed by atoms with Crippen molar-refractivity contribution < 1.29 is 9.59 Å². The summed E-state index contributed by atoms with van der Waals surface area (Å²) in [4.78, 5) is 28.0. The van der Waals surface area contributed by atoms with Crippen LogP contribution in [0.3, 0.4) is 0 Å². The Labute approximate surface area is 186 Å². The lowest BCUT2D eigenvalue weighted by molar-refractivity contribution is -0.135. The lowest BCUT2D eigenvalue weighted by Gasteiger charge is -2.39. The van der Waals surface area contributed by atoms with Crippen molar-refractivity contribution in [2.45, 2.75) is 38.4 Å². The van der Waals surface area contributed by atoms with E-state index in [2.05, 4.69) is 10.7 Å². The molecule has 2 aromatic carbocycles. The Balaban J connectivity index is 1.29. The Kier molecular flexibility index (Phi) is 5.20. The van der Waals surface area contributed by atoms with Gasteiger partial charge in [0.05, 0.1) is 24.6 Å². The van der Waals surface area contributed by atoms with E-state index in [0.717, 1.165) is 28.8 Å². The number of aryl methyl sites for hydroxylation is 1. The van der Waals surface area contributed by atoms with Crippen molar-refractivity contribution in [1.82, 2.24) is 20.7 Å². The third-order valence-electron chi connectivity index (χ3n) is 6.30. The van der Waals surface area contributed by atoms with Crippen LogP contribution >= 0.6 is 11.6 Å². The molecule has 3 aliphatic rings. The molecule has 0 spiro atoms. The summed E-state index contributed by atoms with van der Waals surface area (Å²) in [7, 11) is 0. The van der Waals surface area contributed by atoms with Crippen LogP contribution < -0.4 is 10.7 Å². The molecule has 160 valence electrons. The molecule has 3 aliphatic heterocycles. The van der Waals surface area contributed by atoms with Crippen molar-refractivity contribution >= 4 is 23.4 Å². The number of rotatable bonds is 3. The molecule has 0 aromatic heterocycles. The van der Waals surface area contributed by atoms with Gasteiger partial charge in [0.2, 0.25) is 5.91 Å². The summed E-state index contributed by atoms with van der Waals surface area (Å²) in [5, 5.41) is 5.89. The second-order valence-electron chi connectivity index (χ2n) is 8.46. The smallest absolute Gasteiger partial charge is 0.269 e. The second kappa shape index (κ2) is 8.02. The van der Waals surface area contributed by atoms with Crippen LogP contribution in [0.5, 0.6) is 0 Å². The first kappa shape index (κ1) is 20.1. The average molecular weight is 437 g/mol. The maximum atomic E-state index is 13.3. The minimum Gasteiger partial charge on any atom is -0.367 e. The molecule has 2 unspecified atom stereocenters. The highest BCUT2D eigenvalue weighted by atomic mass is 35.5. The number of carbonyl (C=O) groups excluding carboxylic acids is 2. The van der Waals surface area contributed by atoms with E-state index in [4.69, 9.17) is 11.6 Å². The molecule has 2 atom stereocenters. The fourth-order valence-corrected chi connectivity index (χ4v) is 4.97. The molecule has 0 radical (unpaired) electrons. The molecule has 1 fully saturated rings. The Morgan fingerprint density at radius 3 is 2.84 bits per heavy atom. The molecule has 2 aromatic rings. The number of hydrogen-bond acceptors (Lipinski definition) is 4. The van der Waals surface area contributed by atoms with E-state index >= 15 is 0 Å². The number of halogens is 1. The van der Waals surface area contributed by atoms with E-state index in [1.165, 1.54) is 0 Å². The number of amides is 2. The summed E-state index contributed by atoms with van der Waals surface area (Å²) in [6.07, 6.45) is 1.65. The summed E-state index contributed by atoms with van der Waals surface area (Å²) >= 11 is 6.37. The predicted octanol–water partition coefficient (Wildman–Crippen LogP) is 3.08. The zero-order valence-electron chi connectivity index (χ0n) is 17.4. The monoisotopic (exact) mass is 436 g/mol. The number of hydrazine groups is 1. The van der Waals surface area contributed by atoms with Crippen LogP contribution in [-0.4, -0.2) is 41.0 Å². The molecule has 0 bridgehead atoms. The van der Waals surface area contributed by atoms with Gasteiger partial charge in [0.1, 0.15) is 6.17 Å². The van der Waals surface area contributed by atoms with Gasteiger partial charge in [-0.3, -0.25) is 14.6 Å². The summed E-state index contributed by atoms with van der Waals surface area (Å²) in [5.74, 6) is -0.00300. The van der Waals surface area contributed by atoms with Crippen LogP contribution in [0.2, 0.25) is 5.02 Å². The molecule has 2 N–H and O–H groups in total. The summed E-state index contributed by atoms with van der Waals surface area (Å²) < 4.78 is 0. The molecule has 0 aliphatic carbocycles. The lowest BCUT2D eigenvalue weighted by Crippen LogP contribution is -2.57. The topological polar surface area (TPSA) is 64.7 Å². The highest BCUT2D eigenvalue weighted by Gasteiger charge is 2.43. The fourth-order valence-electron chi connectivity index (χ4n) is 4.70. The Morgan fingerprint density at radius 2 is 2.03 bits per heavy atom. The molecule has 31 heavy (non-hydrogen) atoms. The van der Waals surface area contributed by atoms with Crippen molar-refractivity contribution in [3.8, 4) is 0 Å². The van der Waals surface area contributed by atoms with Crippen LogP contribution in [0.25, 0.3) is 0 Å². The molecule has 1 saturated heterocycles. The van der Waals surface area contributed by atoms with E-state index < -0.39 is 0 Å². The van der Waals surface area contributed by atoms with Crippen LogP contribution in [0, 0.1) is 6.92 Å². The summed E-state index contributed by atoms with van der Waals surface area (Å²) in [6.45, 7) is 2.99. The van der Waals surface area contributed by atoms with Gasteiger partial charge in [-0.25, -0.2) is 5.43 Å². The van der Waals surface area contributed by atoms with E-state index in [-0.39, 0.29) is 24.0 Å². The summed E-state index contributed by atoms with van der Waals surface area (Å²) in [5.41, 5.74) is 8.09. The zero-order chi connectivity index (χ0) is 21.5. The van der Waals surface area contributed by atoms with Gasteiger partial charge in [-0.15, -0.1) is 0 Å². The van der Waals surface area contributed by atoms with E-state index in [1.807, 2.05) is 55.5 Å². The van der Waals surface area contributed by atoms with Crippen molar-refractivity contribution in [3.05, 3.63) is 81.5 Å². The number of nitrogens with one attached hydrogen (secondary N) is 2. The van der Waals surface area contributed by atoms with Gasteiger partial charge >= 0.3 is 0 Å². The normalized spacial score (nSPS) is 22.8. The average Bonchev–Trinajstić information content (AvgIpc) is 3.18. The number of benzene rings is 2. The summed E-state index contributed by atoms with van der Waals surface area (Å²) in [6, 6.07) is 15.7. The number of carbonyl (C=O) groups is 2. The number of hydrogen-bond donors (Lipinski definition) is 2.